The van der Waals surface area contributed by atoms with E-state index in [2.05, 4.69) is 15.8 Å². The number of nitro benzene ring substituents is 2. The van der Waals surface area contributed by atoms with E-state index in [0.29, 0.717) is 16.8 Å². The number of hydrogen-bond acceptors (Lipinski definition) is 9. The van der Waals surface area contributed by atoms with Crippen molar-refractivity contribution in [1.29, 1.82) is 0 Å². The van der Waals surface area contributed by atoms with E-state index in [4.69, 9.17) is 4.74 Å². The number of rotatable bonds is 10. The Bertz CT molecular complexity index is 1740. The molecule has 0 unspecified atom stereocenters. The smallest absolute Gasteiger partial charge is 0.336 e. The van der Waals surface area contributed by atoms with Gasteiger partial charge in [-0.05, 0) is 66.2 Å². The molecule has 13 nitrogen and oxygen atoms in total. The van der Waals surface area contributed by atoms with Crippen LogP contribution in [0.25, 0.3) is 6.08 Å². The largest absolute Gasteiger partial charge is 0.415 e. The molecule has 0 saturated carbocycles. The van der Waals surface area contributed by atoms with Crippen LogP contribution in [0.4, 0.5) is 17.1 Å². The number of hydrogen-bond donors (Lipinski definition) is 2. The lowest BCUT2D eigenvalue weighted by atomic mass is 10.1. The Balaban J connectivity index is 1.41. The van der Waals surface area contributed by atoms with Crippen molar-refractivity contribution in [2.75, 3.05) is 5.32 Å². The predicted octanol–water partition coefficient (Wildman–Crippen LogP) is 5.14. The van der Waals surface area contributed by atoms with Crippen LogP contribution >= 0.6 is 0 Å². The molecule has 2 amide bonds. The zero-order chi connectivity index (χ0) is 30.8. The van der Waals surface area contributed by atoms with Crippen LogP contribution in [0.5, 0.6) is 5.75 Å². The van der Waals surface area contributed by atoms with Crippen molar-refractivity contribution >= 4 is 47.1 Å². The number of benzene rings is 4. The Labute approximate surface area is 243 Å². The molecule has 0 bridgehead atoms. The quantitative estimate of drug-likeness (QED) is 0.0646. The van der Waals surface area contributed by atoms with Gasteiger partial charge in [0.25, 0.3) is 17.5 Å². The second-order valence-corrected chi connectivity index (χ2v) is 8.65. The maximum atomic E-state index is 12.6. The first-order chi connectivity index (χ1) is 20.7. The summed E-state index contributed by atoms with van der Waals surface area (Å²) in [6, 6.07) is 23.9. The van der Waals surface area contributed by atoms with Gasteiger partial charge in [-0.1, -0.05) is 24.3 Å². The summed E-state index contributed by atoms with van der Waals surface area (Å²) in [6.45, 7) is 0. The van der Waals surface area contributed by atoms with Gasteiger partial charge in [0.2, 0.25) is 5.75 Å². The number of nitrogens with one attached hydrogen (secondary N) is 2. The zero-order valence-electron chi connectivity index (χ0n) is 22.1. The summed E-state index contributed by atoms with van der Waals surface area (Å²) >= 11 is 0. The van der Waals surface area contributed by atoms with Gasteiger partial charge in [0, 0.05) is 46.7 Å². The normalized spacial score (nSPS) is 10.8. The first-order valence-corrected chi connectivity index (χ1v) is 12.4. The molecule has 0 fully saturated rings. The van der Waals surface area contributed by atoms with Gasteiger partial charge in [-0.15, -0.1) is 0 Å². The summed E-state index contributed by atoms with van der Waals surface area (Å²) in [5.74, 6) is -2.27. The van der Waals surface area contributed by atoms with Crippen LogP contribution in [0.2, 0.25) is 0 Å². The summed E-state index contributed by atoms with van der Waals surface area (Å²) in [7, 11) is 0. The highest BCUT2D eigenvalue weighted by Crippen LogP contribution is 2.30. The summed E-state index contributed by atoms with van der Waals surface area (Å²) in [5.41, 5.74) is 3.32. The minimum absolute atomic E-state index is 0.0329. The number of anilines is 1. The molecule has 0 aliphatic carbocycles. The highest BCUT2D eigenvalue weighted by Gasteiger charge is 2.20. The van der Waals surface area contributed by atoms with E-state index in [9.17, 15) is 34.6 Å². The minimum atomic E-state index is -0.953. The van der Waals surface area contributed by atoms with Crippen molar-refractivity contribution in [1.82, 2.24) is 5.43 Å². The topological polar surface area (TPSA) is 183 Å². The van der Waals surface area contributed by atoms with Gasteiger partial charge in [0.1, 0.15) is 0 Å². The van der Waals surface area contributed by atoms with Crippen molar-refractivity contribution in [3.63, 3.8) is 0 Å². The number of hydrazone groups is 1. The van der Waals surface area contributed by atoms with E-state index >= 15 is 0 Å². The first kappa shape index (κ1) is 29.5. The van der Waals surface area contributed by atoms with Gasteiger partial charge < -0.3 is 10.1 Å². The Hall–Kier alpha value is -6.50. The van der Waals surface area contributed by atoms with E-state index in [1.165, 1.54) is 54.6 Å². The number of para-hydroxylation sites is 1. The molecule has 0 spiro atoms. The van der Waals surface area contributed by atoms with E-state index < -0.39 is 33.2 Å². The first-order valence-electron chi connectivity index (χ1n) is 12.4. The Morgan fingerprint density at radius 2 is 1.42 bits per heavy atom. The van der Waals surface area contributed by atoms with Crippen LogP contribution in [0.3, 0.4) is 0 Å². The fraction of sp³-hybridized carbons (Fsp3) is 0. The van der Waals surface area contributed by atoms with Crippen LogP contribution in [0.15, 0.2) is 108 Å². The van der Waals surface area contributed by atoms with Crippen LogP contribution < -0.4 is 15.5 Å². The molecule has 0 aromatic heterocycles. The van der Waals surface area contributed by atoms with Crippen molar-refractivity contribution in [2.24, 2.45) is 5.10 Å². The number of amides is 2. The van der Waals surface area contributed by atoms with Crippen LogP contribution in [0.1, 0.15) is 31.8 Å². The molecule has 0 aliphatic heterocycles. The van der Waals surface area contributed by atoms with Crippen molar-refractivity contribution in [3.8, 4) is 5.75 Å². The monoisotopic (exact) mass is 579 g/mol. The summed E-state index contributed by atoms with van der Waals surface area (Å²) in [6.07, 6.45) is 3.42. The fourth-order valence-electron chi connectivity index (χ4n) is 3.63. The molecule has 43 heavy (non-hydrogen) atoms. The van der Waals surface area contributed by atoms with Gasteiger partial charge in [-0.2, -0.15) is 5.10 Å². The van der Waals surface area contributed by atoms with Gasteiger partial charge in [0.05, 0.1) is 16.1 Å². The second kappa shape index (κ2) is 13.7. The molecule has 0 saturated heterocycles. The Morgan fingerprint density at radius 1 is 0.744 bits per heavy atom. The molecule has 214 valence electrons. The molecule has 4 rings (SSSR count). The van der Waals surface area contributed by atoms with E-state index in [0.717, 1.165) is 18.4 Å². The summed E-state index contributed by atoms with van der Waals surface area (Å²) in [5, 5.41) is 28.9. The number of esters is 1. The third-order valence-corrected chi connectivity index (χ3v) is 5.75. The lowest BCUT2D eigenvalue weighted by Crippen LogP contribution is -2.18. The maximum Gasteiger partial charge on any atom is 0.336 e. The predicted molar refractivity (Wildman–Crippen MR) is 157 cm³/mol. The van der Waals surface area contributed by atoms with E-state index in [1.807, 2.05) is 0 Å². The summed E-state index contributed by atoms with van der Waals surface area (Å²) < 4.78 is 5.23. The Morgan fingerprint density at radius 3 is 2.07 bits per heavy atom. The van der Waals surface area contributed by atoms with Gasteiger partial charge in [0.15, 0.2) is 0 Å². The molecule has 0 aliphatic rings. The van der Waals surface area contributed by atoms with Crippen molar-refractivity contribution < 1.29 is 29.0 Å². The number of nitrogens with zero attached hydrogens (tertiary/aromatic N) is 3. The number of nitro groups is 2. The number of carbonyl (C=O) groups is 3. The lowest BCUT2D eigenvalue weighted by Gasteiger charge is -2.07. The van der Waals surface area contributed by atoms with Crippen LogP contribution in [0, 0.1) is 20.2 Å². The zero-order valence-corrected chi connectivity index (χ0v) is 22.1. The van der Waals surface area contributed by atoms with Gasteiger partial charge in [-0.3, -0.25) is 29.8 Å². The standard InChI is InChI=1S/C30H21N5O8/c36-27(18-11-20-9-16-25(17-10-20)34(39)40)43-28-23(7-4-8-26(28)35(41)42)19-31-33-30(38)22-12-14-24(15-13-22)32-29(37)21-5-2-1-3-6-21/h1-19H,(H,32,37)(H,33,38)/b18-11+,31-19+. The molecule has 2 N–H and O–H groups in total. The molecule has 0 radical (unpaired) electrons. The molecule has 4 aromatic carbocycles. The average molecular weight is 580 g/mol. The molecule has 0 atom stereocenters. The van der Waals surface area contributed by atoms with Crippen LogP contribution in [-0.4, -0.2) is 33.8 Å². The molecule has 0 heterocycles. The molecular formula is C30H21N5O8. The van der Waals surface area contributed by atoms with Crippen molar-refractivity contribution in [2.45, 2.75) is 0 Å². The number of ether oxygens (including phenoxy) is 1. The second-order valence-electron chi connectivity index (χ2n) is 8.65. The van der Waals surface area contributed by atoms with Gasteiger partial charge in [-0.25, -0.2) is 10.2 Å². The van der Waals surface area contributed by atoms with Crippen molar-refractivity contribution in [3.05, 3.63) is 146 Å². The van der Waals surface area contributed by atoms with E-state index in [1.54, 1.807) is 42.5 Å². The fourth-order valence-corrected chi connectivity index (χ4v) is 3.63. The highest BCUT2D eigenvalue weighted by atomic mass is 16.6. The minimum Gasteiger partial charge on any atom is -0.415 e. The Kier molecular flexibility index (Phi) is 9.41. The highest BCUT2D eigenvalue weighted by molar-refractivity contribution is 6.04. The lowest BCUT2D eigenvalue weighted by molar-refractivity contribution is -0.385. The number of non-ortho nitro benzene ring substituents is 1. The SMILES string of the molecule is O=C(/C=C/c1ccc([N+](=O)[O-])cc1)Oc1c(/C=N/NC(=O)c2ccc(NC(=O)c3ccccc3)cc2)cccc1[N+](=O)[O-]. The molecule has 4 aromatic rings. The molecular weight excluding hydrogens is 558 g/mol. The third kappa shape index (κ3) is 8.02. The van der Waals surface area contributed by atoms with Gasteiger partial charge >= 0.3 is 11.7 Å². The van der Waals surface area contributed by atoms with E-state index in [-0.39, 0.29) is 22.7 Å². The summed E-state index contributed by atoms with van der Waals surface area (Å²) in [4.78, 5) is 58.3. The maximum absolute atomic E-state index is 12.6. The van der Waals surface area contributed by atoms with Crippen LogP contribution in [-0.2, 0) is 4.79 Å². The average Bonchev–Trinajstić information content (AvgIpc) is 3.01. The number of carbonyl (C=O) groups excluding carboxylic acids is 3. The third-order valence-electron chi connectivity index (χ3n) is 5.75. The molecule has 13 heteroatoms.